The molecule has 4 heteroatoms. The predicted octanol–water partition coefficient (Wildman–Crippen LogP) is 2.46. The summed E-state index contributed by atoms with van der Waals surface area (Å²) in [5, 5.41) is 3.17. The van der Waals surface area contributed by atoms with E-state index in [1.807, 2.05) is 11.9 Å². The Morgan fingerprint density at radius 1 is 1.33 bits per heavy atom. The van der Waals surface area contributed by atoms with Crippen molar-refractivity contribution in [1.82, 2.24) is 10.2 Å². The third-order valence-electron chi connectivity index (χ3n) is 3.53. The van der Waals surface area contributed by atoms with Crippen LogP contribution in [0.3, 0.4) is 0 Å². The number of nitrogens with zero attached hydrogens (tertiary/aromatic N) is 1. The molecular weight excluding hydrogens is 234 g/mol. The van der Waals surface area contributed by atoms with Gasteiger partial charge >= 0.3 is 0 Å². The summed E-state index contributed by atoms with van der Waals surface area (Å²) in [5.74, 6) is -2.77. The summed E-state index contributed by atoms with van der Waals surface area (Å²) in [6.07, 6.45) is 2.06. The quantitative estimate of drug-likeness (QED) is 0.888. The minimum atomic E-state index is -2.77. The van der Waals surface area contributed by atoms with Crippen molar-refractivity contribution in [1.29, 1.82) is 0 Å². The van der Waals surface area contributed by atoms with Crippen molar-refractivity contribution in [2.45, 2.75) is 24.8 Å². The average molecular weight is 254 g/mol. The van der Waals surface area contributed by atoms with Gasteiger partial charge in [0.15, 0.2) is 0 Å². The topological polar surface area (TPSA) is 15.3 Å². The molecule has 18 heavy (non-hydrogen) atoms. The van der Waals surface area contributed by atoms with Crippen LogP contribution in [0.1, 0.15) is 18.4 Å². The van der Waals surface area contributed by atoms with E-state index < -0.39 is 5.92 Å². The summed E-state index contributed by atoms with van der Waals surface area (Å²) >= 11 is 0. The second kappa shape index (κ2) is 5.76. The highest BCUT2D eigenvalue weighted by atomic mass is 19.3. The van der Waals surface area contributed by atoms with E-state index in [2.05, 4.69) is 5.32 Å². The fourth-order valence-electron chi connectivity index (χ4n) is 2.49. The maximum absolute atomic E-state index is 14.1. The van der Waals surface area contributed by atoms with Crippen LogP contribution in [0.5, 0.6) is 0 Å². The fraction of sp³-hybridized carbons (Fsp3) is 0.571. The molecule has 1 atom stereocenters. The van der Waals surface area contributed by atoms with Crippen molar-refractivity contribution in [3.63, 3.8) is 0 Å². The number of halogens is 2. The molecule has 2 rings (SSSR count). The summed E-state index contributed by atoms with van der Waals surface area (Å²) in [4.78, 5) is 1.86. The molecule has 0 spiro atoms. The molecule has 1 saturated heterocycles. The van der Waals surface area contributed by atoms with Crippen LogP contribution >= 0.6 is 0 Å². The first-order valence-electron chi connectivity index (χ1n) is 6.45. The zero-order valence-corrected chi connectivity index (χ0v) is 10.7. The van der Waals surface area contributed by atoms with E-state index in [9.17, 15) is 8.78 Å². The number of rotatable bonds is 4. The smallest absolute Gasteiger partial charge is 0.285 e. The van der Waals surface area contributed by atoms with Crippen molar-refractivity contribution in [3.05, 3.63) is 35.9 Å². The zero-order chi connectivity index (χ0) is 13.0. The molecule has 0 saturated carbocycles. The molecule has 2 nitrogen and oxygen atoms in total. The van der Waals surface area contributed by atoms with E-state index in [0.717, 1.165) is 19.4 Å². The van der Waals surface area contributed by atoms with E-state index in [1.54, 1.807) is 18.2 Å². The van der Waals surface area contributed by atoms with Crippen LogP contribution in [0.4, 0.5) is 8.78 Å². The summed E-state index contributed by atoms with van der Waals surface area (Å²) in [7, 11) is 1.89. The van der Waals surface area contributed by atoms with Crippen LogP contribution in [0.15, 0.2) is 30.3 Å². The van der Waals surface area contributed by atoms with E-state index in [1.165, 1.54) is 12.1 Å². The third kappa shape index (κ3) is 3.27. The second-order valence-electron chi connectivity index (χ2n) is 4.93. The molecule has 0 amide bonds. The summed E-state index contributed by atoms with van der Waals surface area (Å²) in [6.45, 7) is 1.29. The van der Waals surface area contributed by atoms with E-state index >= 15 is 0 Å². The molecule has 1 N–H and O–H groups in total. The van der Waals surface area contributed by atoms with Gasteiger partial charge < -0.3 is 5.32 Å². The minimum absolute atomic E-state index is 0.108. The SMILES string of the molecule is CNC1CCCN(CC(F)(F)c2ccccc2)C1. The van der Waals surface area contributed by atoms with Crippen molar-refractivity contribution < 1.29 is 8.78 Å². The number of nitrogens with one attached hydrogen (secondary N) is 1. The molecular formula is C14H20F2N2. The van der Waals surface area contributed by atoms with Crippen LogP contribution < -0.4 is 5.32 Å². The average Bonchev–Trinajstić information content (AvgIpc) is 2.39. The molecule has 1 heterocycles. The Balaban J connectivity index is 1.99. The Bertz CT molecular complexity index is 367. The lowest BCUT2D eigenvalue weighted by Gasteiger charge is -2.34. The molecule has 0 aromatic heterocycles. The molecule has 1 aromatic carbocycles. The Kier molecular flexibility index (Phi) is 4.30. The number of hydrogen-bond acceptors (Lipinski definition) is 2. The first-order valence-corrected chi connectivity index (χ1v) is 6.45. The molecule has 1 aliphatic rings. The summed E-state index contributed by atoms with van der Waals surface area (Å²) in [6, 6.07) is 8.42. The van der Waals surface area contributed by atoms with Gasteiger partial charge in [0.1, 0.15) is 0 Å². The van der Waals surface area contributed by atoms with Gasteiger partial charge in [-0.1, -0.05) is 30.3 Å². The summed E-state index contributed by atoms with van der Waals surface area (Å²) < 4.78 is 28.2. The maximum Gasteiger partial charge on any atom is 0.285 e. The Morgan fingerprint density at radius 3 is 2.72 bits per heavy atom. The molecule has 0 bridgehead atoms. The van der Waals surface area contributed by atoms with Crippen molar-refractivity contribution in [2.75, 3.05) is 26.7 Å². The van der Waals surface area contributed by atoms with E-state index in [-0.39, 0.29) is 12.1 Å². The van der Waals surface area contributed by atoms with Gasteiger partial charge in [-0.3, -0.25) is 4.90 Å². The highest BCUT2D eigenvalue weighted by Crippen LogP contribution is 2.29. The van der Waals surface area contributed by atoms with Crippen molar-refractivity contribution >= 4 is 0 Å². The Labute approximate surface area is 107 Å². The Hall–Kier alpha value is -1.00. The molecule has 1 fully saturated rings. The van der Waals surface area contributed by atoms with Gasteiger partial charge in [-0.2, -0.15) is 8.78 Å². The first-order chi connectivity index (χ1) is 8.62. The fourth-order valence-corrected chi connectivity index (χ4v) is 2.49. The van der Waals surface area contributed by atoms with Gasteiger partial charge in [-0.05, 0) is 26.4 Å². The predicted molar refractivity (Wildman–Crippen MR) is 68.9 cm³/mol. The van der Waals surface area contributed by atoms with Crippen LogP contribution in [0, 0.1) is 0 Å². The first kappa shape index (κ1) is 13.4. The zero-order valence-electron chi connectivity index (χ0n) is 10.7. The molecule has 0 radical (unpaired) electrons. The third-order valence-corrected chi connectivity index (χ3v) is 3.53. The van der Waals surface area contributed by atoms with E-state index in [4.69, 9.17) is 0 Å². The van der Waals surface area contributed by atoms with Crippen LogP contribution in [0.25, 0.3) is 0 Å². The van der Waals surface area contributed by atoms with Crippen molar-refractivity contribution in [2.24, 2.45) is 0 Å². The van der Waals surface area contributed by atoms with Crippen LogP contribution in [-0.2, 0) is 5.92 Å². The summed E-state index contributed by atoms with van der Waals surface area (Å²) in [5.41, 5.74) is 0.108. The number of likely N-dealkylation sites (tertiary alicyclic amines) is 1. The second-order valence-corrected chi connectivity index (χ2v) is 4.93. The largest absolute Gasteiger partial charge is 0.316 e. The molecule has 0 aliphatic carbocycles. The lowest BCUT2D eigenvalue weighted by Crippen LogP contribution is -2.47. The van der Waals surface area contributed by atoms with Crippen molar-refractivity contribution in [3.8, 4) is 0 Å². The normalized spacial score (nSPS) is 22.1. The van der Waals surface area contributed by atoms with Gasteiger partial charge in [-0.15, -0.1) is 0 Å². The van der Waals surface area contributed by atoms with E-state index in [0.29, 0.717) is 12.6 Å². The number of likely N-dealkylation sites (N-methyl/N-ethyl adjacent to an activating group) is 1. The van der Waals surface area contributed by atoms with Gasteiger partial charge in [-0.25, -0.2) is 0 Å². The highest BCUT2D eigenvalue weighted by molar-refractivity contribution is 5.20. The van der Waals surface area contributed by atoms with Crippen LogP contribution in [0.2, 0.25) is 0 Å². The molecule has 1 aromatic rings. The van der Waals surface area contributed by atoms with Gasteiger partial charge in [0, 0.05) is 18.2 Å². The number of benzene rings is 1. The monoisotopic (exact) mass is 254 g/mol. The molecule has 1 unspecified atom stereocenters. The van der Waals surface area contributed by atoms with Gasteiger partial charge in [0.2, 0.25) is 0 Å². The lowest BCUT2D eigenvalue weighted by atomic mass is 10.0. The molecule has 1 aliphatic heterocycles. The highest BCUT2D eigenvalue weighted by Gasteiger charge is 2.35. The number of piperidine rings is 1. The molecule has 100 valence electrons. The van der Waals surface area contributed by atoms with Crippen LogP contribution in [-0.4, -0.2) is 37.6 Å². The Morgan fingerprint density at radius 2 is 2.06 bits per heavy atom. The van der Waals surface area contributed by atoms with Gasteiger partial charge in [0.25, 0.3) is 5.92 Å². The lowest BCUT2D eigenvalue weighted by molar-refractivity contribution is -0.0438. The standard InChI is InChI=1S/C14H20F2N2/c1-17-13-8-5-9-18(10-13)11-14(15,16)12-6-3-2-4-7-12/h2-4,6-7,13,17H,5,8-11H2,1H3. The number of hydrogen-bond donors (Lipinski definition) is 1. The number of alkyl halides is 2. The van der Waals surface area contributed by atoms with Gasteiger partial charge in [0.05, 0.1) is 6.54 Å². The minimum Gasteiger partial charge on any atom is -0.316 e. The maximum atomic E-state index is 14.1.